The summed E-state index contributed by atoms with van der Waals surface area (Å²) in [6.45, 7) is 1.44. The summed E-state index contributed by atoms with van der Waals surface area (Å²) in [7, 11) is 0. The minimum Gasteiger partial charge on any atom is -0.489 e. The van der Waals surface area contributed by atoms with E-state index in [1.807, 2.05) is 24.4 Å². The van der Waals surface area contributed by atoms with E-state index in [0.717, 1.165) is 12.3 Å². The summed E-state index contributed by atoms with van der Waals surface area (Å²) in [5, 5.41) is 4.21. The summed E-state index contributed by atoms with van der Waals surface area (Å²) in [5.41, 5.74) is 8.21. The lowest BCUT2D eigenvalue weighted by molar-refractivity contribution is 0.306. The number of nitrogens with zero attached hydrogens (tertiary/aromatic N) is 1. The van der Waals surface area contributed by atoms with Crippen LogP contribution in [0.4, 0.5) is 5.13 Å². The maximum atomic E-state index is 5.85. The van der Waals surface area contributed by atoms with Crippen LogP contribution in [0, 0.1) is 0 Å². The lowest BCUT2D eigenvalue weighted by Crippen LogP contribution is -2.16. The van der Waals surface area contributed by atoms with Crippen molar-refractivity contribution in [3.8, 4) is 5.75 Å². The average Bonchev–Trinajstić information content (AvgIpc) is 3.32. The quantitative estimate of drug-likeness (QED) is 0.631. The van der Waals surface area contributed by atoms with Crippen molar-refractivity contribution in [1.29, 1.82) is 0 Å². The predicted molar refractivity (Wildman–Crippen MR) is 109 cm³/mol. The summed E-state index contributed by atoms with van der Waals surface area (Å²) in [4.78, 5) is 5.27. The van der Waals surface area contributed by atoms with E-state index in [2.05, 4.69) is 46.7 Å². The molecule has 3 aromatic rings. The standard InChI is InChI=1S/C20H21N3OS.ClH/c21-20-23-12-17(25-20)11-22-19-10-18(19)15-6-8-16(9-7-15)24-13-14-4-2-1-3-5-14;/h1-9,12,18-19,22H,10-11,13H2,(H2,21,23);1H/t18-,19+;/m0./s1. The third-order valence-corrected chi connectivity index (χ3v) is 5.28. The van der Waals surface area contributed by atoms with Gasteiger partial charge in [0.15, 0.2) is 5.13 Å². The van der Waals surface area contributed by atoms with Crippen LogP contribution in [0.5, 0.6) is 5.75 Å². The van der Waals surface area contributed by atoms with E-state index in [1.54, 1.807) is 11.3 Å². The van der Waals surface area contributed by atoms with Gasteiger partial charge in [0.1, 0.15) is 12.4 Å². The molecule has 1 aliphatic rings. The monoisotopic (exact) mass is 387 g/mol. The molecule has 4 nitrogen and oxygen atoms in total. The van der Waals surface area contributed by atoms with Gasteiger partial charge in [0.2, 0.25) is 0 Å². The number of hydrogen-bond donors (Lipinski definition) is 2. The first-order valence-electron chi connectivity index (χ1n) is 8.48. The second-order valence-electron chi connectivity index (χ2n) is 6.34. The Hall–Kier alpha value is -2.08. The molecule has 0 bridgehead atoms. The molecule has 0 aliphatic heterocycles. The number of anilines is 1. The molecular weight excluding hydrogens is 366 g/mol. The molecule has 136 valence electrons. The molecule has 2 aromatic carbocycles. The van der Waals surface area contributed by atoms with E-state index in [4.69, 9.17) is 10.5 Å². The second kappa shape index (κ2) is 8.54. The zero-order valence-corrected chi connectivity index (χ0v) is 15.9. The highest BCUT2D eigenvalue weighted by Crippen LogP contribution is 2.41. The lowest BCUT2D eigenvalue weighted by Gasteiger charge is -2.08. The zero-order valence-electron chi connectivity index (χ0n) is 14.3. The van der Waals surface area contributed by atoms with E-state index in [9.17, 15) is 0 Å². The first kappa shape index (κ1) is 18.7. The number of rotatable bonds is 7. The molecule has 6 heteroatoms. The van der Waals surface area contributed by atoms with Crippen LogP contribution in [-0.4, -0.2) is 11.0 Å². The summed E-state index contributed by atoms with van der Waals surface area (Å²) in [6.07, 6.45) is 3.03. The van der Waals surface area contributed by atoms with Crippen molar-refractivity contribution >= 4 is 28.9 Å². The maximum absolute atomic E-state index is 5.85. The Kier molecular flexibility index (Phi) is 6.14. The minimum absolute atomic E-state index is 0. The molecule has 1 aliphatic carbocycles. The number of nitrogen functional groups attached to an aromatic ring is 1. The van der Waals surface area contributed by atoms with Crippen molar-refractivity contribution < 1.29 is 4.74 Å². The van der Waals surface area contributed by atoms with Crippen LogP contribution in [0.2, 0.25) is 0 Å². The molecule has 3 N–H and O–H groups in total. The molecule has 0 saturated heterocycles. The number of nitrogens with one attached hydrogen (secondary N) is 1. The van der Waals surface area contributed by atoms with Gasteiger partial charge in [0.05, 0.1) is 0 Å². The number of nitrogens with two attached hydrogens (primary N) is 1. The van der Waals surface area contributed by atoms with Crippen LogP contribution < -0.4 is 15.8 Å². The van der Waals surface area contributed by atoms with Gasteiger partial charge in [-0.25, -0.2) is 4.98 Å². The number of ether oxygens (including phenoxy) is 1. The van der Waals surface area contributed by atoms with Gasteiger partial charge < -0.3 is 15.8 Å². The van der Waals surface area contributed by atoms with Gasteiger partial charge in [-0.15, -0.1) is 23.7 Å². The summed E-state index contributed by atoms with van der Waals surface area (Å²) >= 11 is 1.55. The van der Waals surface area contributed by atoms with E-state index in [1.165, 1.54) is 22.4 Å². The van der Waals surface area contributed by atoms with Crippen LogP contribution in [0.3, 0.4) is 0 Å². The van der Waals surface area contributed by atoms with Gasteiger partial charge in [-0.2, -0.15) is 0 Å². The molecule has 1 saturated carbocycles. The molecule has 1 aromatic heterocycles. The molecule has 4 rings (SSSR count). The molecule has 0 radical (unpaired) electrons. The fourth-order valence-corrected chi connectivity index (χ4v) is 3.61. The highest BCUT2D eigenvalue weighted by atomic mass is 35.5. The van der Waals surface area contributed by atoms with Gasteiger partial charge in [0, 0.05) is 29.6 Å². The summed E-state index contributed by atoms with van der Waals surface area (Å²) < 4.78 is 5.85. The topological polar surface area (TPSA) is 60.2 Å². The smallest absolute Gasteiger partial charge is 0.180 e. The van der Waals surface area contributed by atoms with E-state index < -0.39 is 0 Å². The van der Waals surface area contributed by atoms with Gasteiger partial charge in [0.25, 0.3) is 0 Å². The molecular formula is C20H22ClN3OS. The van der Waals surface area contributed by atoms with Crippen molar-refractivity contribution in [2.45, 2.75) is 31.5 Å². The molecule has 0 unspecified atom stereocenters. The van der Waals surface area contributed by atoms with Gasteiger partial charge in [-0.05, 0) is 29.7 Å². The molecule has 1 fully saturated rings. The number of benzene rings is 2. The first-order chi connectivity index (χ1) is 12.3. The fraction of sp³-hybridized carbons (Fsp3) is 0.250. The molecule has 26 heavy (non-hydrogen) atoms. The van der Waals surface area contributed by atoms with Crippen molar-refractivity contribution in [1.82, 2.24) is 10.3 Å². The number of aromatic nitrogens is 1. The molecule has 2 atom stereocenters. The van der Waals surface area contributed by atoms with Crippen LogP contribution in [-0.2, 0) is 13.2 Å². The minimum atomic E-state index is 0. The van der Waals surface area contributed by atoms with Crippen molar-refractivity contribution in [3.63, 3.8) is 0 Å². The zero-order chi connectivity index (χ0) is 17.1. The van der Waals surface area contributed by atoms with Crippen molar-refractivity contribution in [2.75, 3.05) is 5.73 Å². The number of hydrogen-bond acceptors (Lipinski definition) is 5. The largest absolute Gasteiger partial charge is 0.489 e. The van der Waals surface area contributed by atoms with Gasteiger partial charge >= 0.3 is 0 Å². The third-order valence-electron chi connectivity index (χ3n) is 4.46. The number of halogens is 1. The average molecular weight is 388 g/mol. The summed E-state index contributed by atoms with van der Waals surface area (Å²) in [6, 6.07) is 19.3. The van der Waals surface area contributed by atoms with Crippen LogP contribution in [0.1, 0.15) is 28.3 Å². The maximum Gasteiger partial charge on any atom is 0.180 e. The van der Waals surface area contributed by atoms with Crippen LogP contribution in [0.25, 0.3) is 0 Å². The molecule has 0 amide bonds. The van der Waals surface area contributed by atoms with E-state index >= 15 is 0 Å². The fourth-order valence-electron chi connectivity index (χ4n) is 2.98. The summed E-state index contributed by atoms with van der Waals surface area (Å²) in [5.74, 6) is 1.51. The van der Waals surface area contributed by atoms with Crippen LogP contribution >= 0.6 is 23.7 Å². The highest BCUT2D eigenvalue weighted by Gasteiger charge is 2.37. The van der Waals surface area contributed by atoms with E-state index in [-0.39, 0.29) is 12.4 Å². The van der Waals surface area contributed by atoms with Crippen molar-refractivity contribution in [3.05, 3.63) is 76.8 Å². The predicted octanol–water partition coefficient (Wildman–Crippen LogP) is 4.37. The Morgan fingerprint density at radius 3 is 2.58 bits per heavy atom. The normalized spacial score (nSPS) is 18.2. The second-order valence-corrected chi connectivity index (χ2v) is 7.48. The Bertz CT molecular complexity index is 823. The van der Waals surface area contributed by atoms with Gasteiger partial charge in [-0.3, -0.25) is 0 Å². The Balaban J connectivity index is 0.00000196. The number of thiazole rings is 1. The Morgan fingerprint density at radius 1 is 1.12 bits per heavy atom. The third kappa shape index (κ3) is 4.75. The molecule has 0 spiro atoms. The van der Waals surface area contributed by atoms with Gasteiger partial charge in [-0.1, -0.05) is 42.5 Å². The first-order valence-corrected chi connectivity index (χ1v) is 9.30. The SMILES string of the molecule is Cl.Nc1ncc(CN[C@@H]2C[C@H]2c2ccc(OCc3ccccc3)cc2)s1. The molecule has 1 heterocycles. The van der Waals surface area contributed by atoms with E-state index in [0.29, 0.717) is 23.7 Å². The highest BCUT2D eigenvalue weighted by molar-refractivity contribution is 7.15. The Labute approximate surface area is 163 Å². The van der Waals surface area contributed by atoms with Crippen LogP contribution in [0.15, 0.2) is 60.8 Å². The van der Waals surface area contributed by atoms with Crippen molar-refractivity contribution in [2.24, 2.45) is 0 Å². The lowest BCUT2D eigenvalue weighted by atomic mass is 10.1. The Morgan fingerprint density at radius 2 is 1.88 bits per heavy atom.